The Labute approximate surface area is 105 Å². The van der Waals surface area contributed by atoms with Crippen molar-refractivity contribution < 1.29 is 9.53 Å². The molecule has 0 N–H and O–H groups in total. The number of ether oxygens (including phenoxy) is 1. The van der Waals surface area contributed by atoms with Gasteiger partial charge in [-0.15, -0.1) is 0 Å². The summed E-state index contributed by atoms with van der Waals surface area (Å²) in [6.45, 7) is 0.624. The Morgan fingerprint density at radius 2 is 1.35 bits per heavy atom. The van der Waals surface area contributed by atoms with Crippen LogP contribution in [0.3, 0.4) is 0 Å². The highest BCUT2D eigenvalue weighted by atomic mass is 16.5. The SMILES string of the molecule is O=C1CCCC/C=C/CCCCCCCCO1. The molecule has 2 heteroatoms. The molecule has 17 heavy (non-hydrogen) atoms. The number of cyclic esters (lactones) is 1. The lowest BCUT2D eigenvalue weighted by molar-refractivity contribution is -0.143. The van der Waals surface area contributed by atoms with Crippen LogP contribution in [0.2, 0.25) is 0 Å². The zero-order chi connectivity index (χ0) is 12.2. The second kappa shape index (κ2) is 10.4. The molecule has 0 fully saturated rings. The fourth-order valence-electron chi connectivity index (χ4n) is 2.10. The van der Waals surface area contributed by atoms with Crippen molar-refractivity contribution >= 4 is 5.97 Å². The van der Waals surface area contributed by atoms with Crippen LogP contribution in [0.25, 0.3) is 0 Å². The Bertz CT molecular complexity index is 221. The smallest absolute Gasteiger partial charge is 0.305 e. The molecule has 0 aromatic heterocycles. The van der Waals surface area contributed by atoms with Crippen LogP contribution in [-0.2, 0) is 9.53 Å². The summed E-state index contributed by atoms with van der Waals surface area (Å²) < 4.78 is 5.19. The van der Waals surface area contributed by atoms with E-state index in [0.717, 1.165) is 25.7 Å². The van der Waals surface area contributed by atoms with E-state index in [4.69, 9.17) is 4.74 Å². The molecular formula is C15H26O2. The summed E-state index contributed by atoms with van der Waals surface area (Å²) in [4.78, 5) is 11.3. The van der Waals surface area contributed by atoms with Gasteiger partial charge >= 0.3 is 5.97 Å². The van der Waals surface area contributed by atoms with Gasteiger partial charge in [0.1, 0.15) is 0 Å². The highest BCUT2D eigenvalue weighted by Crippen LogP contribution is 2.10. The number of carbonyl (C=O) groups is 1. The van der Waals surface area contributed by atoms with E-state index in [1.807, 2.05) is 0 Å². The van der Waals surface area contributed by atoms with E-state index >= 15 is 0 Å². The minimum absolute atomic E-state index is 0.0129. The summed E-state index contributed by atoms with van der Waals surface area (Å²) >= 11 is 0. The summed E-state index contributed by atoms with van der Waals surface area (Å²) in [5, 5.41) is 0. The lowest BCUT2D eigenvalue weighted by Crippen LogP contribution is -2.05. The zero-order valence-corrected chi connectivity index (χ0v) is 11.0. The first-order valence-corrected chi connectivity index (χ1v) is 7.20. The highest BCUT2D eigenvalue weighted by molar-refractivity contribution is 5.69. The van der Waals surface area contributed by atoms with Crippen molar-refractivity contribution in [3.63, 3.8) is 0 Å². The third kappa shape index (κ3) is 8.96. The Hall–Kier alpha value is -0.790. The van der Waals surface area contributed by atoms with Crippen LogP contribution in [0.4, 0.5) is 0 Å². The largest absolute Gasteiger partial charge is 0.466 e. The van der Waals surface area contributed by atoms with E-state index in [2.05, 4.69) is 12.2 Å². The van der Waals surface area contributed by atoms with Crippen LogP contribution in [-0.4, -0.2) is 12.6 Å². The van der Waals surface area contributed by atoms with E-state index in [1.165, 1.54) is 38.5 Å². The van der Waals surface area contributed by atoms with E-state index in [0.29, 0.717) is 13.0 Å². The van der Waals surface area contributed by atoms with Gasteiger partial charge in [-0.1, -0.05) is 37.8 Å². The van der Waals surface area contributed by atoms with Crippen molar-refractivity contribution in [2.24, 2.45) is 0 Å². The van der Waals surface area contributed by atoms with Crippen LogP contribution >= 0.6 is 0 Å². The lowest BCUT2D eigenvalue weighted by Gasteiger charge is -2.05. The highest BCUT2D eigenvalue weighted by Gasteiger charge is 2.02. The van der Waals surface area contributed by atoms with Crippen molar-refractivity contribution in [1.82, 2.24) is 0 Å². The summed E-state index contributed by atoms with van der Waals surface area (Å²) in [6.07, 6.45) is 17.0. The van der Waals surface area contributed by atoms with Gasteiger partial charge in [0.25, 0.3) is 0 Å². The molecule has 0 saturated carbocycles. The number of hydrogen-bond acceptors (Lipinski definition) is 2. The van der Waals surface area contributed by atoms with Gasteiger partial charge in [0.05, 0.1) is 6.61 Å². The van der Waals surface area contributed by atoms with Gasteiger partial charge in [0.15, 0.2) is 0 Å². The second-order valence-electron chi connectivity index (χ2n) is 4.85. The molecule has 0 spiro atoms. The first kappa shape index (κ1) is 14.3. The van der Waals surface area contributed by atoms with Crippen molar-refractivity contribution in [3.8, 4) is 0 Å². The topological polar surface area (TPSA) is 26.3 Å². The summed E-state index contributed by atoms with van der Waals surface area (Å²) in [5.74, 6) is -0.0129. The standard InChI is InChI=1S/C15H26O2/c16-15-13-11-9-7-5-3-1-2-4-6-8-10-12-14-17-15/h3,5H,1-2,4,6-14H2/b5-3+. The molecule has 0 unspecified atom stereocenters. The molecule has 0 aliphatic carbocycles. The normalized spacial score (nSPS) is 23.9. The third-order valence-electron chi connectivity index (χ3n) is 3.20. The van der Waals surface area contributed by atoms with Gasteiger partial charge in [0, 0.05) is 6.42 Å². The molecule has 0 saturated heterocycles. The maximum absolute atomic E-state index is 11.3. The van der Waals surface area contributed by atoms with Gasteiger partial charge < -0.3 is 4.74 Å². The monoisotopic (exact) mass is 238 g/mol. The average Bonchev–Trinajstić information content (AvgIpc) is 2.32. The number of hydrogen-bond donors (Lipinski definition) is 0. The molecule has 0 aromatic rings. The van der Waals surface area contributed by atoms with Crippen LogP contribution in [0.1, 0.15) is 70.6 Å². The minimum Gasteiger partial charge on any atom is -0.466 e. The molecule has 0 aromatic carbocycles. The number of allylic oxidation sites excluding steroid dienone is 2. The molecular weight excluding hydrogens is 212 g/mol. The van der Waals surface area contributed by atoms with Crippen LogP contribution in [0, 0.1) is 0 Å². The average molecular weight is 238 g/mol. The van der Waals surface area contributed by atoms with Gasteiger partial charge in [-0.3, -0.25) is 4.79 Å². The first-order chi connectivity index (χ1) is 8.39. The quantitative estimate of drug-likeness (QED) is 0.462. The van der Waals surface area contributed by atoms with Gasteiger partial charge in [0.2, 0.25) is 0 Å². The molecule has 0 atom stereocenters. The summed E-state index contributed by atoms with van der Waals surface area (Å²) in [7, 11) is 0. The number of esters is 1. The van der Waals surface area contributed by atoms with Crippen molar-refractivity contribution in [2.75, 3.05) is 6.61 Å². The fourth-order valence-corrected chi connectivity index (χ4v) is 2.10. The van der Waals surface area contributed by atoms with Crippen molar-refractivity contribution in [1.29, 1.82) is 0 Å². The molecule has 1 aliphatic rings. The molecule has 1 rings (SSSR count). The molecule has 0 amide bonds. The Morgan fingerprint density at radius 1 is 0.765 bits per heavy atom. The molecule has 0 bridgehead atoms. The van der Waals surface area contributed by atoms with Gasteiger partial charge in [-0.2, -0.15) is 0 Å². The van der Waals surface area contributed by atoms with Crippen LogP contribution in [0.5, 0.6) is 0 Å². The minimum atomic E-state index is -0.0129. The Balaban J connectivity index is 2.18. The van der Waals surface area contributed by atoms with Crippen molar-refractivity contribution in [2.45, 2.75) is 70.6 Å². The number of carbonyl (C=O) groups excluding carboxylic acids is 1. The van der Waals surface area contributed by atoms with E-state index in [9.17, 15) is 4.79 Å². The molecule has 2 nitrogen and oxygen atoms in total. The first-order valence-electron chi connectivity index (χ1n) is 7.20. The third-order valence-corrected chi connectivity index (χ3v) is 3.20. The fraction of sp³-hybridized carbons (Fsp3) is 0.800. The van der Waals surface area contributed by atoms with E-state index in [1.54, 1.807) is 0 Å². The Morgan fingerprint density at radius 3 is 2.12 bits per heavy atom. The van der Waals surface area contributed by atoms with Crippen LogP contribution < -0.4 is 0 Å². The molecule has 1 heterocycles. The second-order valence-corrected chi connectivity index (χ2v) is 4.85. The van der Waals surface area contributed by atoms with E-state index < -0.39 is 0 Å². The lowest BCUT2D eigenvalue weighted by atomic mass is 10.1. The maximum Gasteiger partial charge on any atom is 0.305 e. The number of rotatable bonds is 0. The van der Waals surface area contributed by atoms with E-state index in [-0.39, 0.29) is 5.97 Å². The predicted octanol–water partition coefficient (Wildman–Crippen LogP) is 4.39. The molecule has 1 aliphatic heterocycles. The van der Waals surface area contributed by atoms with Crippen molar-refractivity contribution in [3.05, 3.63) is 12.2 Å². The van der Waals surface area contributed by atoms with Gasteiger partial charge in [-0.05, 0) is 38.5 Å². The Kier molecular flexibility index (Phi) is 8.71. The molecule has 98 valence electrons. The van der Waals surface area contributed by atoms with Crippen LogP contribution in [0.15, 0.2) is 12.2 Å². The summed E-state index contributed by atoms with van der Waals surface area (Å²) in [6, 6.07) is 0. The summed E-state index contributed by atoms with van der Waals surface area (Å²) in [5.41, 5.74) is 0. The predicted molar refractivity (Wildman–Crippen MR) is 70.9 cm³/mol. The van der Waals surface area contributed by atoms with Gasteiger partial charge in [-0.25, -0.2) is 0 Å². The maximum atomic E-state index is 11.3. The zero-order valence-electron chi connectivity index (χ0n) is 11.0. The molecule has 0 radical (unpaired) electrons.